The van der Waals surface area contributed by atoms with E-state index in [1.807, 2.05) is 0 Å². The van der Waals surface area contributed by atoms with E-state index in [0.29, 0.717) is 22.9 Å². The average molecular weight is 329 g/mol. The monoisotopic (exact) mass is 329 g/mol. The fourth-order valence-corrected chi connectivity index (χ4v) is 2.49. The number of alkyl halides is 3. The van der Waals surface area contributed by atoms with Crippen LogP contribution in [-0.4, -0.2) is 31.8 Å². The van der Waals surface area contributed by atoms with E-state index in [2.05, 4.69) is 20.4 Å². The molecule has 9 heteroatoms. The number of nitrogens with one attached hydrogen (secondary N) is 2. The van der Waals surface area contributed by atoms with E-state index < -0.39 is 18.6 Å². The third kappa shape index (κ3) is 3.91. The lowest BCUT2D eigenvalue weighted by molar-refractivity contribution is -0.142. The van der Waals surface area contributed by atoms with Gasteiger partial charge in [-0.05, 0) is 27.7 Å². The van der Waals surface area contributed by atoms with Crippen molar-refractivity contribution in [3.63, 3.8) is 0 Å². The second-order valence-electron chi connectivity index (χ2n) is 5.48. The molecule has 6 nitrogen and oxygen atoms in total. The fourth-order valence-electron chi connectivity index (χ4n) is 2.49. The number of imidazole rings is 1. The van der Waals surface area contributed by atoms with E-state index in [1.54, 1.807) is 27.0 Å². The van der Waals surface area contributed by atoms with Gasteiger partial charge in [0.25, 0.3) is 0 Å². The Morgan fingerprint density at radius 1 is 1.39 bits per heavy atom. The molecule has 0 aliphatic heterocycles. The van der Waals surface area contributed by atoms with Gasteiger partial charge in [-0.2, -0.15) is 18.3 Å². The third-order valence-electron chi connectivity index (χ3n) is 3.54. The van der Waals surface area contributed by atoms with Gasteiger partial charge in [-0.3, -0.25) is 14.8 Å². The van der Waals surface area contributed by atoms with Crippen LogP contribution >= 0.6 is 0 Å². The van der Waals surface area contributed by atoms with Crippen molar-refractivity contribution in [1.82, 2.24) is 19.7 Å². The normalized spacial score (nSPS) is 13.2. The van der Waals surface area contributed by atoms with Gasteiger partial charge in [0.1, 0.15) is 6.54 Å². The van der Waals surface area contributed by atoms with Gasteiger partial charge < -0.3 is 4.98 Å². The predicted molar refractivity (Wildman–Crippen MR) is 78.1 cm³/mol. The summed E-state index contributed by atoms with van der Waals surface area (Å²) in [6, 6.07) is 0. The molecule has 0 aromatic carbocycles. The first-order chi connectivity index (χ1) is 10.6. The largest absolute Gasteiger partial charge is 0.408 e. The second-order valence-corrected chi connectivity index (χ2v) is 5.48. The Hall–Kier alpha value is -2.32. The number of carbonyl (C=O) groups is 1. The summed E-state index contributed by atoms with van der Waals surface area (Å²) in [6.07, 6.45) is -2.80. The van der Waals surface area contributed by atoms with Gasteiger partial charge in [0.15, 0.2) is 0 Å². The number of aryl methyl sites for hydroxylation is 2. The third-order valence-corrected chi connectivity index (χ3v) is 3.54. The summed E-state index contributed by atoms with van der Waals surface area (Å²) < 4.78 is 38.6. The number of carbonyl (C=O) groups excluding carboxylic acids is 1. The number of aromatic amines is 1. The first-order valence-electron chi connectivity index (χ1n) is 7.01. The molecule has 0 aliphatic carbocycles. The molecular formula is C14H18F3N5O. The molecule has 2 heterocycles. The van der Waals surface area contributed by atoms with Crippen molar-refractivity contribution in [1.29, 1.82) is 0 Å². The molecule has 0 saturated carbocycles. The van der Waals surface area contributed by atoms with E-state index in [-0.39, 0.29) is 5.91 Å². The number of hydrogen-bond donors (Lipinski definition) is 2. The van der Waals surface area contributed by atoms with Gasteiger partial charge in [-0.1, -0.05) is 0 Å². The maximum Gasteiger partial charge on any atom is 0.408 e. The molecule has 0 radical (unpaired) electrons. The molecule has 2 aromatic heterocycles. The fraction of sp³-hybridized carbons (Fsp3) is 0.500. The summed E-state index contributed by atoms with van der Waals surface area (Å²) in [5.41, 5.74) is 2.02. The number of amides is 1. The minimum atomic E-state index is -4.36. The molecule has 0 aliphatic rings. The zero-order chi connectivity index (χ0) is 17.4. The Morgan fingerprint density at radius 2 is 2.04 bits per heavy atom. The number of nitrogens with zero attached hydrogens (tertiary/aromatic N) is 3. The SMILES string of the molecule is Cc1cnc(NC(=O)C(C)c2c(C)nn(CC(F)(F)F)c2C)[nH]1. The second kappa shape index (κ2) is 6.05. The Labute approximate surface area is 131 Å². The lowest BCUT2D eigenvalue weighted by Crippen LogP contribution is -2.22. The molecule has 23 heavy (non-hydrogen) atoms. The van der Waals surface area contributed by atoms with Crippen LogP contribution in [0, 0.1) is 20.8 Å². The van der Waals surface area contributed by atoms with E-state index in [4.69, 9.17) is 0 Å². The van der Waals surface area contributed by atoms with Gasteiger partial charge in [-0.15, -0.1) is 0 Å². The molecule has 0 fully saturated rings. The van der Waals surface area contributed by atoms with Crippen molar-refractivity contribution in [3.8, 4) is 0 Å². The van der Waals surface area contributed by atoms with Crippen molar-refractivity contribution in [2.24, 2.45) is 0 Å². The average Bonchev–Trinajstić information content (AvgIpc) is 2.92. The molecule has 126 valence electrons. The van der Waals surface area contributed by atoms with Gasteiger partial charge in [-0.25, -0.2) is 4.98 Å². The molecule has 2 rings (SSSR count). The van der Waals surface area contributed by atoms with E-state index in [9.17, 15) is 18.0 Å². The lowest BCUT2D eigenvalue weighted by Gasteiger charge is -2.13. The lowest BCUT2D eigenvalue weighted by atomic mass is 9.98. The highest BCUT2D eigenvalue weighted by atomic mass is 19.4. The van der Waals surface area contributed by atoms with Crippen molar-refractivity contribution < 1.29 is 18.0 Å². The Balaban J connectivity index is 2.21. The molecular weight excluding hydrogens is 311 g/mol. The standard InChI is InChI=1S/C14H18F3N5O/c1-7-5-18-13(19-7)20-12(23)8(2)11-9(3)21-22(10(11)4)6-14(15,16)17/h5,8H,6H2,1-4H3,(H2,18,19,20,23). The number of H-pyrrole nitrogens is 1. The Kier molecular flexibility index (Phi) is 4.49. The number of rotatable bonds is 4. The smallest absolute Gasteiger partial charge is 0.328 e. The van der Waals surface area contributed by atoms with Gasteiger partial charge >= 0.3 is 6.18 Å². The van der Waals surface area contributed by atoms with E-state index >= 15 is 0 Å². The Bertz CT molecular complexity index is 717. The van der Waals surface area contributed by atoms with Crippen molar-refractivity contribution in [2.75, 3.05) is 5.32 Å². The predicted octanol–water partition coefficient (Wildman–Crippen LogP) is 2.84. The van der Waals surface area contributed by atoms with Crippen LogP contribution in [0.3, 0.4) is 0 Å². The summed E-state index contributed by atoms with van der Waals surface area (Å²) >= 11 is 0. The zero-order valence-corrected chi connectivity index (χ0v) is 13.2. The number of anilines is 1. The first-order valence-corrected chi connectivity index (χ1v) is 7.01. The number of hydrogen-bond acceptors (Lipinski definition) is 3. The summed E-state index contributed by atoms with van der Waals surface area (Å²) in [4.78, 5) is 19.1. The number of halogens is 3. The van der Waals surface area contributed by atoms with Crippen LogP contribution in [0.5, 0.6) is 0 Å². The van der Waals surface area contributed by atoms with Crippen molar-refractivity contribution in [2.45, 2.75) is 46.3 Å². The molecule has 0 bridgehead atoms. The summed E-state index contributed by atoms with van der Waals surface area (Å²) in [7, 11) is 0. The molecule has 1 amide bonds. The molecule has 1 unspecified atom stereocenters. The van der Waals surface area contributed by atoms with Gasteiger partial charge in [0.2, 0.25) is 11.9 Å². The van der Waals surface area contributed by atoms with Crippen molar-refractivity contribution in [3.05, 3.63) is 28.8 Å². The molecule has 2 aromatic rings. The zero-order valence-electron chi connectivity index (χ0n) is 13.2. The van der Waals surface area contributed by atoms with Crippen LogP contribution in [0.1, 0.15) is 35.5 Å². The highest BCUT2D eigenvalue weighted by Crippen LogP contribution is 2.27. The van der Waals surface area contributed by atoms with Crippen LogP contribution in [0.2, 0.25) is 0 Å². The minimum absolute atomic E-state index is 0.303. The van der Waals surface area contributed by atoms with Crippen molar-refractivity contribution >= 4 is 11.9 Å². The topological polar surface area (TPSA) is 75.6 Å². The van der Waals surface area contributed by atoms with Crippen LogP contribution < -0.4 is 5.32 Å². The minimum Gasteiger partial charge on any atom is -0.328 e. The number of aromatic nitrogens is 4. The van der Waals surface area contributed by atoms with Crippen LogP contribution in [0.15, 0.2) is 6.20 Å². The van der Waals surface area contributed by atoms with Gasteiger partial charge in [0.05, 0.1) is 11.6 Å². The first kappa shape index (κ1) is 17.0. The molecule has 1 atom stereocenters. The maximum absolute atomic E-state index is 12.6. The highest BCUT2D eigenvalue weighted by Gasteiger charge is 2.31. The summed E-state index contributed by atoms with van der Waals surface area (Å²) in [5.74, 6) is -0.711. The maximum atomic E-state index is 12.6. The molecule has 0 spiro atoms. The van der Waals surface area contributed by atoms with E-state index in [0.717, 1.165) is 10.4 Å². The van der Waals surface area contributed by atoms with E-state index in [1.165, 1.54) is 6.92 Å². The summed E-state index contributed by atoms with van der Waals surface area (Å²) in [5, 5.41) is 6.51. The quantitative estimate of drug-likeness (QED) is 0.905. The summed E-state index contributed by atoms with van der Waals surface area (Å²) in [6.45, 7) is 5.37. The van der Waals surface area contributed by atoms with Gasteiger partial charge in [0, 0.05) is 23.1 Å². The highest BCUT2D eigenvalue weighted by molar-refractivity contribution is 5.94. The molecule has 0 saturated heterocycles. The molecule has 2 N–H and O–H groups in total. The van der Waals surface area contributed by atoms with Crippen LogP contribution in [0.4, 0.5) is 19.1 Å². The van der Waals surface area contributed by atoms with Crippen LogP contribution in [0.25, 0.3) is 0 Å². The Morgan fingerprint density at radius 3 is 2.57 bits per heavy atom. The van der Waals surface area contributed by atoms with Crippen LogP contribution in [-0.2, 0) is 11.3 Å².